The van der Waals surface area contributed by atoms with E-state index in [1.807, 2.05) is 0 Å². The minimum absolute atomic E-state index is 0.600. The molecule has 0 unspecified atom stereocenters. The summed E-state index contributed by atoms with van der Waals surface area (Å²) in [6.45, 7) is 4.24. The lowest BCUT2D eigenvalue weighted by Crippen LogP contribution is -1.95. The molecule has 1 rings (SSSR count). The van der Waals surface area contributed by atoms with Crippen LogP contribution in [0.25, 0.3) is 0 Å². The van der Waals surface area contributed by atoms with E-state index in [2.05, 4.69) is 28.5 Å². The fourth-order valence-corrected chi connectivity index (χ4v) is 0.648. The fraction of sp³-hybridized carbons (Fsp3) is 0.667. The molecule has 0 radical (unpaired) electrons. The van der Waals surface area contributed by atoms with Gasteiger partial charge in [-0.05, 0) is 5.92 Å². The minimum Gasteiger partial charge on any atom is -0.343 e. The van der Waals surface area contributed by atoms with Gasteiger partial charge in [0.2, 0.25) is 6.39 Å². The largest absolute Gasteiger partial charge is 0.343 e. The van der Waals surface area contributed by atoms with Gasteiger partial charge in [0.1, 0.15) is 0 Å². The third kappa shape index (κ3) is 1.83. The second-order valence-corrected chi connectivity index (χ2v) is 2.45. The maximum Gasteiger partial charge on any atom is 0.213 e. The van der Waals surface area contributed by atoms with E-state index in [-0.39, 0.29) is 0 Å². The molecule has 0 fully saturated rings. The average molecular weight is 126 g/mol. The molecule has 0 saturated heterocycles. The normalized spacial score (nSPS) is 10.6. The van der Waals surface area contributed by atoms with Gasteiger partial charge in [0, 0.05) is 6.42 Å². The van der Waals surface area contributed by atoms with Crippen molar-refractivity contribution in [2.75, 3.05) is 0 Å². The number of hydrogen-bond acceptors (Lipinski definition) is 3. The maximum atomic E-state index is 4.55. The Labute approximate surface area is 54.1 Å². The summed E-state index contributed by atoms with van der Waals surface area (Å²) in [5.41, 5.74) is 0. The molecule has 50 valence electrons. The number of rotatable bonds is 2. The van der Waals surface area contributed by atoms with Crippen LogP contribution in [0.1, 0.15) is 19.7 Å². The van der Waals surface area contributed by atoms with E-state index in [0.717, 1.165) is 12.2 Å². The molecule has 0 bridgehead atoms. The summed E-state index contributed by atoms with van der Waals surface area (Å²) in [6, 6.07) is 0. The predicted octanol–water partition coefficient (Wildman–Crippen LogP) is 1.27. The molecule has 0 atom stereocenters. The first kappa shape index (κ1) is 6.26. The van der Waals surface area contributed by atoms with Crippen molar-refractivity contribution in [1.29, 1.82) is 0 Å². The summed E-state index contributed by atoms with van der Waals surface area (Å²) in [4.78, 5) is 3.88. The Morgan fingerprint density at radius 1 is 1.67 bits per heavy atom. The van der Waals surface area contributed by atoms with E-state index in [1.54, 1.807) is 0 Å². The Kier molecular flexibility index (Phi) is 1.82. The van der Waals surface area contributed by atoms with Crippen molar-refractivity contribution in [3.8, 4) is 0 Å². The molecule has 0 amide bonds. The van der Waals surface area contributed by atoms with Crippen LogP contribution in [0.5, 0.6) is 0 Å². The molecule has 9 heavy (non-hydrogen) atoms. The minimum atomic E-state index is 0.600. The fourth-order valence-electron chi connectivity index (χ4n) is 0.648. The quantitative estimate of drug-likeness (QED) is 0.599. The SMILES string of the molecule is CC(C)Cc1ncon1. The van der Waals surface area contributed by atoms with Crippen molar-refractivity contribution in [3.05, 3.63) is 12.2 Å². The first-order chi connectivity index (χ1) is 4.29. The van der Waals surface area contributed by atoms with Gasteiger partial charge in [0.25, 0.3) is 0 Å². The van der Waals surface area contributed by atoms with Crippen LogP contribution in [0, 0.1) is 5.92 Å². The Morgan fingerprint density at radius 2 is 2.44 bits per heavy atom. The van der Waals surface area contributed by atoms with Crippen LogP contribution >= 0.6 is 0 Å². The smallest absolute Gasteiger partial charge is 0.213 e. The van der Waals surface area contributed by atoms with E-state index in [4.69, 9.17) is 0 Å². The summed E-state index contributed by atoms with van der Waals surface area (Å²) in [6.07, 6.45) is 2.26. The molecule has 0 aliphatic carbocycles. The van der Waals surface area contributed by atoms with Crippen molar-refractivity contribution in [3.63, 3.8) is 0 Å². The standard InChI is InChI=1S/C6H10N2O/c1-5(2)3-6-7-4-9-8-6/h4-5H,3H2,1-2H3. The van der Waals surface area contributed by atoms with Crippen LogP contribution in [-0.4, -0.2) is 10.1 Å². The molecule has 0 saturated carbocycles. The summed E-state index contributed by atoms with van der Waals surface area (Å²) in [7, 11) is 0. The topological polar surface area (TPSA) is 38.9 Å². The van der Waals surface area contributed by atoms with Crippen LogP contribution in [-0.2, 0) is 6.42 Å². The van der Waals surface area contributed by atoms with Gasteiger partial charge in [-0.1, -0.05) is 19.0 Å². The van der Waals surface area contributed by atoms with Crippen molar-refractivity contribution in [2.24, 2.45) is 5.92 Å². The molecule has 0 aliphatic heterocycles. The predicted molar refractivity (Wildman–Crippen MR) is 32.8 cm³/mol. The molecule has 0 spiro atoms. The second kappa shape index (κ2) is 2.62. The third-order valence-corrected chi connectivity index (χ3v) is 0.998. The van der Waals surface area contributed by atoms with Gasteiger partial charge < -0.3 is 4.52 Å². The average Bonchev–Trinajstić information content (AvgIpc) is 2.15. The maximum absolute atomic E-state index is 4.55. The highest BCUT2D eigenvalue weighted by Gasteiger charge is 2.00. The van der Waals surface area contributed by atoms with Gasteiger partial charge in [0.05, 0.1) is 0 Å². The molecular formula is C6H10N2O. The highest BCUT2D eigenvalue weighted by molar-refractivity contribution is 4.78. The van der Waals surface area contributed by atoms with E-state index in [1.165, 1.54) is 6.39 Å². The van der Waals surface area contributed by atoms with Gasteiger partial charge in [-0.3, -0.25) is 0 Å². The first-order valence-electron chi connectivity index (χ1n) is 3.04. The third-order valence-electron chi connectivity index (χ3n) is 0.998. The van der Waals surface area contributed by atoms with Gasteiger partial charge >= 0.3 is 0 Å². The zero-order valence-corrected chi connectivity index (χ0v) is 5.66. The van der Waals surface area contributed by atoms with Gasteiger partial charge in [0.15, 0.2) is 5.82 Å². The zero-order chi connectivity index (χ0) is 6.69. The van der Waals surface area contributed by atoms with Crippen LogP contribution in [0.15, 0.2) is 10.9 Å². The molecule has 1 aromatic heterocycles. The van der Waals surface area contributed by atoms with Crippen LogP contribution in [0.4, 0.5) is 0 Å². The van der Waals surface area contributed by atoms with E-state index in [0.29, 0.717) is 5.92 Å². The van der Waals surface area contributed by atoms with Crippen molar-refractivity contribution < 1.29 is 4.52 Å². The molecule has 3 nitrogen and oxygen atoms in total. The zero-order valence-electron chi connectivity index (χ0n) is 5.66. The molecule has 1 aromatic rings. The van der Waals surface area contributed by atoms with Gasteiger partial charge in [-0.2, -0.15) is 4.98 Å². The number of nitrogens with zero attached hydrogens (tertiary/aromatic N) is 2. The van der Waals surface area contributed by atoms with Crippen molar-refractivity contribution in [1.82, 2.24) is 10.1 Å². The van der Waals surface area contributed by atoms with Crippen LogP contribution in [0.3, 0.4) is 0 Å². The Morgan fingerprint density at radius 3 is 2.89 bits per heavy atom. The highest BCUT2D eigenvalue weighted by Crippen LogP contribution is 2.00. The Balaban J connectivity index is 2.48. The van der Waals surface area contributed by atoms with Crippen LogP contribution < -0.4 is 0 Å². The van der Waals surface area contributed by atoms with Gasteiger partial charge in [-0.25, -0.2) is 0 Å². The lowest BCUT2D eigenvalue weighted by atomic mass is 10.1. The second-order valence-electron chi connectivity index (χ2n) is 2.45. The molecule has 0 aromatic carbocycles. The van der Waals surface area contributed by atoms with E-state index >= 15 is 0 Å². The van der Waals surface area contributed by atoms with E-state index < -0.39 is 0 Å². The molecule has 0 N–H and O–H groups in total. The monoisotopic (exact) mass is 126 g/mol. The summed E-state index contributed by atoms with van der Waals surface area (Å²) in [5.74, 6) is 1.40. The van der Waals surface area contributed by atoms with Crippen molar-refractivity contribution >= 4 is 0 Å². The first-order valence-corrected chi connectivity index (χ1v) is 3.04. The summed E-state index contributed by atoms with van der Waals surface area (Å²) < 4.78 is 4.55. The summed E-state index contributed by atoms with van der Waals surface area (Å²) in [5, 5.41) is 3.67. The molecule has 0 aliphatic rings. The van der Waals surface area contributed by atoms with Crippen LogP contribution in [0.2, 0.25) is 0 Å². The van der Waals surface area contributed by atoms with E-state index in [9.17, 15) is 0 Å². The Hall–Kier alpha value is -0.860. The molecule has 3 heteroatoms. The lowest BCUT2D eigenvalue weighted by molar-refractivity contribution is 0.406. The van der Waals surface area contributed by atoms with Crippen molar-refractivity contribution in [2.45, 2.75) is 20.3 Å². The number of hydrogen-bond donors (Lipinski definition) is 0. The number of aromatic nitrogens is 2. The summed E-state index contributed by atoms with van der Waals surface area (Å²) >= 11 is 0. The molecule has 1 heterocycles. The van der Waals surface area contributed by atoms with Gasteiger partial charge in [-0.15, -0.1) is 0 Å². The highest BCUT2D eigenvalue weighted by atomic mass is 16.5. The molecular weight excluding hydrogens is 116 g/mol. The lowest BCUT2D eigenvalue weighted by Gasteiger charge is -1.95. The Bertz CT molecular complexity index is 158.